The second-order valence-electron chi connectivity index (χ2n) is 5.13. The van der Waals surface area contributed by atoms with Gasteiger partial charge in [-0.3, -0.25) is 0 Å². The Kier molecular flexibility index (Phi) is 5.35. The third-order valence-corrected chi connectivity index (χ3v) is 2.94. The van der Waals surface area contributed by atoms with Gasteiger partial charge in [0, 0.05) is 6.42 Å². The summed E-state index contributed by atoms with van der Waals surface area (Å²) >= 11 is 0. The zero-order valence-electron chi connectivity index (χ0n) is 11.6. The Bertz CT molecular complexity index is 390. The Morgan fingerprint density at radius 2 is 1.83 bits per heavy atom. The molecular formula is C15H22O3. The van der Waals surface area contributed by atoms with Crippen molar-refractivity contribution in [3.8, 4) is 0 Å². The summed E-state index contributed by atoms with van der Waals surface area (Å²) in [7, 11) is 0. The van der Waals surface area contributed by atoms with Gasteiger partial charge >= 0.3 is 5.97 Å². The SMILES string of the molecule is Cc1cccc(C)c1C[C@@H](OCC(C)C)C(=O)O. The van der Waals surface area contributed by atoms with Gasteiger partial charge in [-0.2, -0.15) is 0 Å². The van der Waals surface area contributed by atoms with Crippen LogP contribution in [0.1, 0.15) is 30.5 Å². The normalized spacial score (nSPS) is 12.7. The molecule has 0 spiro atoms. The fourth-order valence-corrected chi connectivity index (χ4v) is 1.88. The number of ether oxygens (including phenoxy) is 1. The van der Waals surface area contributed by atoms with E-state index in [4.69, 9.17) is 4.74 Å². The molecule has 0 heterocycles. The molecule has 0 saturated heterocycles. The minimum absolute atomic E-state index is 0.338. The Labute approximate surface area is 109 Å². The molecule has 0 unspecified atom stereocenters. The highest BCUT2D eigenvalue weighted by Gasteiger charge is 2.20. The van der Waals surface area contributed by atoms with E-state index in [0.29, 0.717) is 18.9 Å². The lowest BCUT2D eigenvalue weighted by molar-refractivity contribution is -0.150. The third kappa shape index (κ3) is 4.15. The number of hydrogen-bond donors (Lipinski definition) is 1. The number of carboxylic acids is 1. The molecule has 100 valence electrons. The maximum Gasteiger partial charge on any atom is 0.333 e. The standard InChI is InChI=1S/C15H22O3/c1-10(2)9-18-14(15(16)17)8-13-11(3)6-5-7-12(13)4/h5-7,10,14H,8-9H2,1-4H3,(H,16,17)/t14-/m1/s1. The molecule has 0 fully saturated rings. The quantitative estimate of drug-likeness (QED) is 0.844. The molecular weight excluding hydrogens is 228 g/mol. The lowest BCUT2D eigenvalue weighted by atomic mass is 9.97. The van der Waals surface area contributed by atoms with Crippen LogP contribution >= 0.6 is 0 Å². The predicted molar refractivity (Wildman–Crippen MR) is 71.8 cm³/mol. The average Bonchev–Trinajstić information content (AvgIpc) is 2.26. The van der Waals surface area contributed by atoms with Crippen molar-refractivity contribution in [3.63, 3.8) is 0 Å². The van der Waals surface area contributed by atoms with Gasteiger partial charge in [-0.15, -0.1) is 0 Å². The summed E-state index contributed by atoms with van der Waals surface area (Å²) in [5.74, 6) is -0.553. The molecule has 0 bridgehead atoms. The van der Waals surface area contributed by atoms with E-state index in [0.717, 1.165) is 16.7 Å². The Hall–Kier alpha value is -1.35. The molecule has 1 aromatic rings. The lowest BCUT2D eigenvalue weighted by Gasteiger charge is -2.17. The molecule has 0 aromatic heterocycles. The molecule has 3 heteroatoms. The van der Waals surface area contributed by atoms with Crippen molar-refractivity contribution >= 4 is 5.97 Å². The third-order valence-electron chi connectivity index (χ3n) is 2.94. The smallest absolute Gasteiger partial charge is 0.333 e. The van der Waals surface area contributed by atoms with Crippen LogP contribution in [-0.4, -0.2) is 23.8 Å². The van der Waals surface area contributed by atoms with E-state index in [9.17, 15) is 9.90 Å². The number of aliphatic carboxylic acids is 1. The maximum absolute atomic E-state index is 11.2. The fraction of sp³-hybridized carbons (Fsp3) is 0.533. The summed E-state index contributed by atoms with van der Waals surface area (Å²) in [5.41, 5.74) is 3.32. The van der Waals surface area contributed by atoms with E-state index in [1.807, 2.05) is 45.9 Å². The van der Waals surface area contributed by atoms with Gasteiger partial charge in [0.15, 0.2) is 6.10 Å². The highest BCUT2D eigenvalue weighted by atomic mass is 16.5. The van der Waals surface area contributed by atoms with E-state index < -0.39 is 12.1 Å². The second-order valence-corrected chi connectivity index (χ2v) is 5.13. The van der Waals surface area contributed by atoms with Crippen molar-refractivity contribution in [3.05, 3.63) is 34.9 Å². The number of benzene rings is 1. The number of hydrogen-bond acceptors (Lipinski definition) is 2. The van der Waals surface area contributed by atoms with E-state index in [1.165, 1.54) is 0 Å². The van der Waals surface area contributed by atoms with E-state index in [1.54, 1.807) is 0 Å². The largest absolute Gasteiger partial charge is 0.479 e. The van der Waals surface area contributed by atoms with Crippen LogP contribution in [0.4, 0.5) is 0 Å². The molecule has 0 aliphatic carbocycles. The molecule has 0 radical (unpaired) electrons. The lowest BCUT2D eigenvalue weighted by Crippen LogP contribution is -2.28. The van der Waals surface area contributed by atoms with Gasteiger partial charge in [0.05, 0.1) is 6.61 Å². The van der Waals surface area contributed by atoms with Crippen LogP contribution in [0.3, 0.4) is 0 Å². The van der Waals surface area contributed by atoms with Crippen molar-refractivity contribution in [2.45, 2.75) is 40.2 Å². The van der Waals surface area contributed by atoms with Crippen LogP contribution in [0.5, 0.6) is 0 Å². The molecule has 1 rings (SSSR count). The highest BCUT2D eigenvalue weighted by molar-refractivity contribution is 5.73. The zero-order chi connectivity index (χ0) is 13.7. The van der Waals surface area contributed by atoms with Crippen LogP contribution in [0.15, 0.2) is 18.2 Å². The highest BCUT2D eigenvalue weighted by Crippen LogP contribution is 2.17. The Morgan fingerprint density at radius 1 is 1.28 bits per heavy atom. The van der Waals surface area contributed by atoms with Crippen molar-refractivity contribution < 1.29 is 14.6 Å². The van der Waals surface area contributed by atoms with Crippen LogP contribution in [-0.2, 0) is 16.0 Å². The van der Waals surface area contributed by atoms with E-state index in [2.05, 4.69) is 0 Å². The molecule has 1 N–H and O–H groups in total. The summed E-state index contributed by atoms with van der Waals surface area (Å²) in [6.07, 6.45) is -0.326. The number of carboxylic acid groups (broad SMARTS) is 1. The topological polar surface area (TPSA) is 46.5 Å². The van der Waals surface area contributed by atoms with Crippen molar-refractivity contribution in [2.75, 3.05) is 6.61 Å². The molecule has 0 aliphatic rings. The summed E-state index contributed by atoms with van der Waals surface area (Å²) < 4.78 is 5.48. The van der Waals surface area contributed by atoms with Gasteiger partial charge < -0.3 is 9.84 Å². The summed E-state index contributed by atoms with van der Waals surface area (Å²) in [5, 5.41) is 9.20. The van der Waals surface area contributed by atoms with Gasteiger partial charge in [0.2, 0.25) is 0 Å². The van der Waals surface area contributed by atoms with Crippen LogP contribution in [0.25, 0.3) is 0 Å². The molecule has 3 nitrogen and oxygen atoms in total. The van der Waals surface area contributed by atoms with Crippen LogP contribution in [0.2, 0.25) is 0 Å². The Balaban J connectivity index is 2.80. The van der Waals surface area contributed by atoms with Crippen molar-refractivity contribution in [1.29, 1.82) is 0 Å². The molecule has 18 heavy (non-hydrogen) atoms. The van der Waals surface area contributed by atoms with Gasteiger partial charge in [-0.25, -0.2) is 4.79 Å². The number of aryl methyl sites for hydroxylation is 2. The minimum Gasteiger partial charge on any atom is -0.479 e. The number of carbonyl (C=O) groups is 1. The minimum atomic E-state index is -0.890. The van der Waals surface area contributed by atoms with Crippen LogP contribution < -0.4 is 0 Å². The molecule has 0 aliphatic heterocycles. The summed E-state index contributed by atoms with van der Waals surface area (Å²) in [6, 6.07) is 5.99. The first-order valence-corrected chi connectivity index (χ1v) is 6.31. The van der Waals surface area contributed by atoms with Gasteiger partial charge in [-0.1, -0.05) is 32.0 Å². The van der Waals surface area contributed by atoms with E-state index in [-0.39, 0.29) is 0 Å². The van der Waals surface area contributed by atoms with Gasteiger partial charge in [0.1, 0.15) is 0 Å². The fourth-order valence-electron chi connectivity index (χ4n) is 1.88. The second kappa shape index (κ2) is 6.55. The summed E-state index contributed by atoms with van der Waals surface area (Å²) in [4.78, 5) is 11.2. The zero-order valence-corrected chi connectivity index (χ0v) is 11.6. The van der Waals surface area contributed by atoms with Crippen molar-refractivity contribution in [1.82, 2.24) is 0 Å². The summed E-state index contributed by atoms with van der Waals surface area (Å²) in [6.45, 7) is 8.51. The average molecular weight is 250 g/mol. The first-order chi connectivity index (χ1) is 8.41. The monoisotopic (exact) mass is 250 g/mol. The molecule has 0 saturated carbocycles. The molecule has 1 atom stereocenters. The first-order valence-electron chi connectivity index (χ1n) is 6.31. The molecule has 0 amide bonds. The van der Waals surface area contributed by atoms with Crippen molar-refractivity contribution in [2.24, 2.45) is 5.92 Å². The first kappa shape index (κ1) is 14.7. The Morgan fingerprint density at radius 3 is 2.28 bits per heavy atom. The van der Waals surface area contributed by atoms with E-state index >= 15 is 0 Å². The number of rotatable bonds is 6. The molecule has 1 aromatic carbocycles. The predicted octanol–water partition coefficient (Wildman–Crippen LogP) is 2.97. The maximum atomic E-state index is 11.2. The van der Waals surface area contributed by atoms with Crippen LogP contribution in [0, 0.1) is 19.8 Å². The van der Waals surface area contributed by atoms with Gasteiger partial charge in [0.25, 0.3) is 0 Å². The van der Waals surface area contributed by atoms with Gasteiger partial charge in [-0.05, 0) is 36.5 Å².